The summed E-state index contributed by atoms with van der Waals surface area (Å²) < 4.78 is 10.4. The number of ether oxygens (including phenoxy) is 2. The lowest BCUT2D eigenvalue weighted by Crippen LogP contribution is -2.47. The molecule has 4 aliphatic rings. The first kappa shape index (κ1) is 13.3. The van der Waals surface area contributed by atoms with Gasteiger partial charge in [-0.05, 0) is 49.4 Å². The number of rotatable bonds is 4. The van der Waals surface area contributed by atoms with Crippen molar-refractivity contribution in [1.29, 1.82) is 0 Å². The van der Waals surface area contributed by atoms with Crippen molar-refractivity contribution in [3.63, 3.8) is 0 Å². The number of hydrogen-bond donors (Lipinski definition) is 1. The molecule has 5 atom stereocenters. The highest BCUT2D eigenvalue weighted by Crippen LogP contribution is 2.77. The van der Waals surface area contributed by atoms with Gasteiger partial charge in [-0.2, -0.15) is 0 Å². The molecule has 4 fully saturated rings. The molecular weight excluding hydrogens is 272 g/mol. The highest BCUT2D eigenvalue weighted by atomic mass is 16.6. The fraction of sp³-hybridized carbons (Fsp3) is 0.750. The van der Waals surface area contributed by atoms with E-state index < -0.39 is 23.1 Å². The third kappa shape index (κ3) is 1.73. The molecule has 114 valence electrons. The Morgan fingerprint density at radius 3 is 2.76 bits per heavy atom. The van der Waals surface area contributed by atoms with E-state index in [9.17, 15) is 14.7 Å². The molecule has 0 aliphatic heterocycles. The van der Waals surface area contributed by atoms with Crippen LogP contribution in [0.5, 0.6) is 0 Å². The summed E-state index contributed by atoms with van der Waals surface area (Å²) >= 11 is 0. The van der Waals surface area contributed by atoms with Gasteiger partial charge in [0.2, 0.25) is 0 Å². The van der Waals surface area contributed by atoms with Crippen LogP contribution >= 0.6 is 0 Å². The second-order valence-electron chi connectivity index (χ2n) is 7.49. The fourth-order valence-corrected chi connectivity index (χ4v) is 5.91. The van der Waals surface area contributed by atoms with E-state index in [0.717, 1.165) is 38.2 Å². The number of carbonyl (C=O) groups is 2. The lowest BCUT2D eigenvalue weighted by Gasteiger charge is -2.49. The number of carbonyl (C=O) groups excluding carboxylic acids is 2. The summed E-state index contributed by atoms with van der Waals surface area (Å²) in [6.07, 6.45) is 6.18. The van der Waals surface area contributed by atoms with Gasteiger partial charge in [-0.25, -0.2) is 9.59 Å². The average molecular weight is 292 g/mol. The van der Waals surface area contributed by atoms with Crippen LogP contribution < -0.4 is 0 Å². The first-order chi connectivity index (χ1) is 9.89. The molecule has 0 saturated heterocycles. The van der Waals surface area contributed by atoms with Crippen LogP contribution in [0.25, 0.3) is 0 Å². The summed E-state index contributed by atoms with van der Waals surface area (Å²) in [7, 11) is 0. The van der Waals surface area contributed by atoms with E-state index in [4.69, 9.17) is 9.47 Å². The third-order valence-electron chi connectivity index (χ3n) is 6.23. The molecule has 21 heavy (non-hydrogen) atoms. The van der Waals surface area contributed by atoms with E-state index in [-0.39, 0.29) is 12.0 Å². The molecule has 4 rings (SSSR count). The van der Waals surface area contributed by atoms with E-state index in [0.29, 0.717) is 18.3 Å². The lowest BCUT2D eigenvalue weighted by molar-refractivity contribution is -0.177. The van der Waals surface area contributed by atoms with Crippen molar-refractivity contribution in [2.45, 2.75) is 49.7 Å². The van der Waals surface area contributed by atoms with Gasteiger partial charge in [-0.1, -0.05) is 6.58 Å². The zero-order chi connectivity index (χ0) is 14.9. The number of fused-ring (bicyclic) bond motifs is 2. The van der Waals surface area contributed by atoms with Crippen LogP contribution in [0, 0.1) is 17.3 Å². The minimum absolute atomic E-state index is 0.213. The fourth-order valence-electron chi connectivity index (χ4n) is 5.91. The van der Waals surface area contributed by atoms with Crippen molar-refractivity contribution in [3.05, 3.63) is 12.7 Å². The second kappa shape index (κ2) is 3.88. The molecule has 0 aromatic carbocycles. The van der Waals surface area contributed by atoms with Gasteiger partial charge in [-0.3, -0.25) is 0 Å². The van der Waals surface area contributed by atoms with Crippen LogP contribution in [-0.2, 0) is 19.1 Å². The molecule has 4 saturated carbocycles. The van der Waals surface area contributed by atoms with E-state index in [1.807, 2.05) is 0 Å². The maximum Gasteiger partial charge on any atom is 0.344 e. The SMILES string of the molecule is C=CC(=O)OCC(=O)OC12CC3CC4CC(O)(C1)CC43C2. The zero-order valence-electron chi connectivity index (χ0n) is 12.0. The van der Waals surface area contributed by atoms with Crippen molar-refractivity contribution in [1.82, 2.24) is 0 Å². The van der Waals surface area contributed by atoms with Crippen LogP contribution in [-0.4, -0.2) is 34.9 Å². The monoisotopic (exact) mass is 292 g/mol. The van der Waals surface area contributed by atoms with E-state index in [1.165, 1.54) is 0 Å². The summed E-state index contributed by atoms with van der Waals surface area (Å²) in [4.78, 5) is 23.0. The summed E-state index contributed by atoms with van der Waals surface area (Å²) in [6.45, 7) is 2.90. The van der Waals surface area contributed by atoms with Gasteiger partial charge in [0.1, 0.15) is 5.60 Å². The van der Waals surface area contributed by atoms with Gasteiger partial charge >= 0.3 is 11.9 Å². The first-order valence-corrected chi connectivity index (χ1v) is 7.62. The van der Waals surface area contributed by atoms with Gasteiger partial charge in [0.05, 0.1) is 5.60 Å². The van der Waals surface area contributed by atoms with Crippen LogP contribution in [0.4, 0.5) is 0 Å². The molecule has 0 heterocycles. The summed E-state index contributed by atoms with van der Waals surface area (Å²) in [5, 5.41) is 10.7. The largest absolute Gasteiger partial charge is 0.456 e. The quantitative estimate of drug-likeness (QED) is 0.625. The third-order valence-corrected chi connectivity index (χ3v) is 6.23. The Kier molecular flexibility index (Phi) is 2.46. The number of hydrogen-bond acceptors (Lipinski definition) is 5. The number of esters is 2. The van der Waals surface area contributed by atoms with Crippen LogP contribution in [0.1, 0.15) is 38.5 Å². The van der Waals surface area contributed by atoms with Gasteiger partial charge < -0.3 is 14.6 Å². The Balaban J connectivity index is 1.47. The predicted molar refractivity (Wildman–Crippen MR) is 72.0 cm³/mol. The molecule has 0 aromatic heterocycles. The Labute approximate surface area is 123 Å². The van der Waals surface area contributed by atoms with Crippen LogP contribution in [0.15, 0.2) is 12.7 Å². The zero-order valence-corrected chi connectivity index (χ0v) is 12.0. The summed E-state index contributed by atoms with van der Waals surface area (Å²) in [6, 6.07) is 0. The molecule has 0 aromatic rings. The topological polar surface area (TPSA) is 72.8 Å². The maximum atomic E-state index is 12.0. The van der Waals surface area contributed by atoms with Gasteiger partial charge in [0.25, 0.3) is 0 Å². The highest BCUT2D eigenvalue weighted by molar-refractivity contribution is 5.83. The maximum absolute atomic E-state index is 12.0. The standard InChI is InChI=1S/C16H20O5/c1-2-12(17)20-6-13(18)21-15-5-11-3-10-4-14(19,7-15)8-16(10,11)9-15/h2,10-11,19H,1,3-9H2. The van der Waals surface area contributed by atoms with Gasteiger partial charge in [0, 0.05) is 12.5 Å². The van der Waals surface area contributed by atoms with Crippen molar-refractivity contribution in [2.75, 3.05) is 6.61 Å². The normalized spacial score (nSPS) is 48.4. The van der Waals surface area contributed by atoms with Crippen molar-refractivity contribution in [3.8, 4) is 0 Å². The first-order valence-electron chi connectivity index (χ1n) is 7.62. The van der Waals surface area contributed by atoms with E-state index >= 15 is 0 Å². The lowest BCUT2D eigenvalue weighted by atomic mass is 9.56. The smallest absolute Gasteiger partial charge is 0.344 e. The van der Waals surface area contributed by atoms with E-state index in [2.05, 4.69) is 6.58 Å². The van der Waals surface area contributed by atoms with Crippen LogP contribution in [0.2, 0.25) is 0 Å². The average Bonchev–Trinajstić information content (AvgIpc) is 2.69. The van der Waals surface area contributed by atoms with Gasteiger partial charge in [0.15, 0.2) is 6.61 Å². The molecule has 0 amide bonds. The summed E-state index contributed by atoms with van der Waals surface area (Å²) in [5.74, 6) is 0.0398. The molecule has 3 bridgehead atoms. The molecule has 4 aliphatic carbocycles. The van der Waals surface area contributed by atoms with Crippen molar-refractivity contribution in [2.24, 2.45) is 17.3 Å². The van der Waals surface area contributed by atoms with Crippen LogP contribution in [0.3, 0.4) is 0 Å². The molecule has 1 N–H and O–H groups in total. The minimum atomic E-state index is -0.660. The molecule has 1 spiro atoms. The predicted octanol–water partition coefficient (Wildman–Crippen LogP) is 1.34. The van der Waals surface area contributed by atoms with Crippen molar-refractivity contribution >= 4 is 11.9 Å². The Bertz CT molecular complexity index is 539. The highest BCUT2D eigenvalue weighted by Gasteiger charge is 2.76. The molecule has 5 nitrogen and oxygen atoms in total. The molecule has 0 radical (unpaired) electrons. The molecule has 5 unspecified atom stereocenters. The molecular formula is C16H20O5. The Morgan fingerprint density at radius 1 is 1.24 bits per heavy atom. The molecule has 5 heteroatoms. The number of aliphatic hydroxyl groups is 1. The minimum Gasteiger partial charge on any atom is -0.456 e. The second-order valence-corrected chi connectivity index (χ2v) is 7.49. The summed E-state index contributed by atoms with van der Waals surface area (Å²) in [5.41, 5.74) is -0.988. The van der Waals surface area contributed by atoms with Gasteiger partial charge in [-0.15, -0.1) is 0 Å². The van der Waals surface area contributed by atoms with E-state index in [1.54, 1.807) is 0 Å². The van der Waals surface area contributed by atoms with Crippen molar-refractivity contribution < 1.29 is 24.2 Å². The Morgan fingerprint density at radius 2 is 2.00 bits per heavy atom. The Hall–Kier alpha value is -1.36.